The van der Waals surface area contributed by atoms with Crippen molar-refractivity contribution in [1.82, 2.24) is 0 Å². The lowest BCUT2D eigenvalue weighted by atomic mass is 9.99. The molecule has 5 fully saturated rings. The second kappa shape index (κ2) is 8.23. The molecule has 3 aliphatic heterocycles. The normalized spacial score (nSPS) is 49.5. The molecule has 0 aromatic heterocycles. The lowest BCUT2D eigenvalue weighted by Crippen LogP contribution is -2.31. The first-order valence-corrected chi connectivity index (χ1v) is 15.7. The largest absolute Gasteiger partial charge is 0.157 e. The zero-order valence-corrected chi connectivity index (χ0v) is 19.0. The molecular weight excluding hydrogens is 409 g/mol. The van der Waals surface area contributed by atoms with Gasteiger partial charge in [0.2, 0.25) is 0 Å². The summed E-state index contributed by atoms with van der Waals surface area (Å²) < 4.78 is 0. The first kappa shape index (κ1) is 18.1. The van der Waals surface area contributed by atoms with E-state index in [4.69, 9.17) is 0 Å². The zero-order valence-electron chi connectivity index (χ0n) is 14.1. The van der Waals surface area contributed by atoms with Gasteiger partial charge in [-0.2, -0.15) is 70.6 Å². The van der Waals surface area contributed by atoms with Crippen LogP contribution in [0.3, 0.4) is 0 Å². The fraction of sp³-hybridized carbons (Fsp3) is 1.00. The van der Waals surface area contributed by atoms with Crippen LogP contribution in [-0.2, 0) is 0 Å². The van der Waals surface area contributed by atoms with Crippen molar-refractivity contribution < 1.29 is 0 Å². The predicted molar refractivity (Wildman–Crippen MR) is 123 cm³/mol. The van der Waals surface area contributed by atoms with Gasteiger partial charge >= 0.3 is 0 Å². The second-order valence-electron chi connectivity index (χ2n) is 7.93. The van der Waals surface area contributed by atoms with E-state index in [1.807, 2.05) is 0 Å². The average molecular weight is 437 g/mol. The quantitative estimate of drug-likeness (QED) is 0.442. The minimum absolute atomic E-state index is 0.966. The fourth-order valence-electron chi connectivity index (χ4n) is 4.13. The van der Waals surface area contributed by atoms with Crippen LogP contribution in [-0.4, -0.2) is 65.0 Å². The van der Waals surface area contributed by atoms with Gasteiger partial charge in [-0.1, -0.05) is 0 Å². The Morgan fingerprint density at radius 2 is 1.29 bits per heavy atom. The minimum atomic E-state index is 0.966. The molecule has 0 bridgehead atoms. The van der Waals surface area contributed by atoms with Gasteiger partial charge in [0, 0.05) is 65.0 Å². The maximum absolute atomic E-state index is 2.43. The van der Waals surface area contributed by atoms with E-state index in [0.29, 0.717) is 0 Å². The second-order valence-corrected chi connectivity index (χ2v) is 16.4. The Balaban J connectivity index is 1.13. The molecule has 7 atom stereocenters. The van der Waals surface area contributed by atoms with Crippen LogP contribution >= 0.6 is 70.6 Å². The molecular formula is C18H28S6. The molecule has 0 amide bonds. The van der Waals surface area contributed by atoms with Crippen molar-refractivity contribution in [3.63, 3.8) is 0 Å². The topological polar surface area (TPSA) is 0 Å². The summed E-state index contributed by atoms with van der Waals surface area (Å²) in [5, 5.41) is 8.07. The Morgan fingerprint density at radius 3 is 1.88 bits per heavy atom. The monoisotopic (exact) mass is 436 g/mol. The molecule has 2 saturated carbocycles. The molecule has 3 heterocycles. The molecule has 2 aliphatic carbocycles. The first-order valence-electron chi connectivity index (χ1n) is 9.59. The molecule has 24 heavy (non-hydrogen) atoms. The molecule has 7 unspecified atom stereocenters. The zero-order chi connectivity index (χ0) is 15.9. The molecule has 5 rings (SSSR count). The molecule has 136 valence electrons. The standard InChI is InChI=1S/C18H28S6/c1-2-17-18(24-17)6-11(1)23-14-4-12(19-7-15-9-21-15)3-13(5-14)20-8-16-10-22-16/h11-18H,1-10H2. The molecule has 0 N–H and O–H groups in total. The van der Waals surface area contributed by atoms with Crippen LogP contribution in [0, 0.1) is 0 Å². The van der Waals surface area contributed by atoms with Gasteiger partial charge in [-0.25, -0.2) is 0 Å². The van der Waals surface area contributed by atoms with Crippen LogP contribution in [0.25, 0.3) is 0 Å². The summed E-state index contributed by atoms with van der Waals surface area (Å²) in [6.07, 6.45) is 9.10. The van der Waals surface area contributed by atoms with E-state index in [0.717, 1.165) is 42.0 Å². The molecule has 5 aliphatic rings. The lowest BCUT2D eigenvalue weighted by Gasteiger charge is -2.36. The Labute approximate surface area is 173 Å². The molecule has 0 aromatic rings. The van der Waals surface area contributed by atoms with Crippen molar-refractivity contribution in [3.8, 4) is 0 Å². The number of rotatable bonds is 8. The summed E-state index contributed by atoms with van der Waals surface area (Å²) in [5.74, 6) is 5.76. The maximum atomic E-state index is 2.43. The third-order valence-electron chi connectivity index (χ3n) is 5.76. The fourth-order valence-corrected chi connectivity index (χ4v) is 12.4. The lowest BCUT2D eigenvalue weighted by molar-refractivity contribution is 0.530. The number of hydrogen-bond acceptors (Lipinski definition) is 6. The summed E-state index contributed by atoms with van der Waals surface area (Å²) in [4.78, 5) is 0. The number of thioether (sulfide) groups is 6. The Hall–Kier alpha value is 2.10. The molecule has 6 heteroatoms. The minimum Gasteiger partial charge on any atom is -0.157 e. The van der Waals surface area contributed by atoms with Gasteiger partial charge in [-0.05, 0) is 38.5 Å². The highest BCUT2D eigenvalue weighted by molar-refractivity contribution is 8.09. The van der Waals surface area contributed by atoms with Crippen LogP contribution in [0.2, 0.25) is 0 Å². The van der Waals surface area contributed by atoms with Gasteiger partial charge in [0.15, 0.2) is 0 Å². The molecule has 0 aromatic carbocycles. The van der Waals surface area contributed by atoms with Crippen LogP contribution < -0.4 is 0 Å². The van der Waals surface area contributed by atoms with Crippen molar-refractivity contribution in [2.75, 3.05) is 23.0 Å². The average Bonchev–Trinajstić information content (AvgIpc) is 3.46. The van der Waals surface area contributed by atoms with Crippen molar-refractivity contribution >= 4 is 70.6 Å². The van der Waals surface area contributed by atoms with Crippen molar-refractivity contribution in [3.05, 3.63) is 0 Å². The number of hydrogen-bond donors (Lipinski definition) is 0. The Kier molecular flexibility index (Phi) is 6.22. The highest BCUT2D eigenvalue weighted by Gasteiger charge is 2.44. The van der Waals surface area contributed by atoms with E-state index in [9.17, 15) is 0 Å². The Morgan fingerprint density at radius 1 is 0.667 bits per heavy atom. The molecule has 0 radical (unpaired) electrons. The van der Waals surface area contributed by atoms with E-state index >= 15 is 0 Å². The van der Waals surface area contributed by atoms with Crippen LogP contribution in [0.4, 0.5) is 0 Å². The maximum Gasteiger partial charge on any atom is 0.0229 e. The van der Waals surface area contributed by atoms with E-state index in [1.54, 1.807) is 0 Å². The van der Waals surface area contributed by atoms with Crippen LogP contribution in [0.15, 0.2) is 0 Å². The van der Waals surface area contributed by atoms with Gasteiger partial charge in [0.1, 0.15) is 0 Å². The first-order chi connectivity index (χ1) is 11.8. The van der Waals surface area contributed by atoms with E-state index in [-0.39, 0.29) is 0 Å². The summed E-state index contributed by atoms with van der Waals surface area (Å²) in [7, 11) is 0. The van der Waals surface area contributed by atoms with E-state index < -0.39 is 0 Å². The summed E-state index contributed by atoms with van der Waals surface area (Å²) >= 11 is 13.7. The number of fused-ring (bicyclic) bond motifs is 1. The highest BCUT2D eigenvalue weighted by atomic mass is 32.2. The molecule has 0 spiro atoms. The van der Waals surface area contributed by atoms with Gasteiger partial charge in [0.25, 0.3) is 0 Å². The smallest absolute Gasteiger partial charge is 0.0229 e. The van der Waals surface area contributed by atoms with Crippen molar-refractivity contribution in [1.29, 1.82) is 0 Å². The predicted octanol–water partition coefficient (Wildman–Crippen LogP) is 5.74. The van der Waals surface area contributed by atoms with Crippen LogP contribution in [0.1, 0.15) is 38.5 Å². The summed E-state index contributed by atoms with van der Waals surface area (Å²) in [6, 6.07) is 0. The van der Waals surface area contributed by atoms with Crippen molar-refractivity contribution in [2.45, 2.75) is 80.5 Å². The Bertz CT molecular complexity index is 413. The van der Waals surface area contributed by atoms with Gasteiger partial charge in [-0.3, -0.25) is 0 Å². The molecule has 0 nitrogen and oxygen atoms in total. The van der Waals surface area contributed by atoms with Gasteiger partial charge in [-0.15, -0.1) is 0 Å². The summed E-state index contributed by atoms with van der Waals surface area (Å²) in [6.45, 7) is 0. The molecule has 3 saturated heterocycles. The van der Waals surface area contributed by atoms with Gasteiger partial charge in [0.05, 0.1) is 0 Å². The SMILES string of the molecule is C1SC1CSC1CC(SCC2CS2)CC(SC2CCC3SC3C2)C1. The third kappa shape index (κ3) is 5.33. The van der Waals surface area contributed by atoms with E-state index in [2.05, 4.69) is 70.6 Å². The highest BCUT2D eigenvalue weighted by Crippen LogP contribution is 2.54. The summed E-state index contributed by atoms with van der Waals surface area (Å²) in [5.41, 5.74) is 0. The van der Waals surface area contributed by atoms with Gasteiger partial charge < -0.3 is 0 Å². The van der Waals surface area contributed by atoms with E-state index in [1.165, 1.54) is 61.5 Å². The van der Waals surface area contributed by atoms with Crippen LogP contribution in [0.5, 0.6) is 0 Å². The van der Waals surface area contributed by atoms with Crippen molar-refractivity contribution in [2.24, 2.45) is 0 Å². The third-order valence-corrected chi connectivity index (χ3v) is 14.1.